The number of ether oxygens (including phenoxy) is 2. The van der Waals surface area contributed by atoms with Crippen molar-refractivity contribution in [2.45, 2.75) is 20.0 Å². The molecule has 0 saturated carbocycles. The number of hydrogen-bond donors (Lipinski definition) is 1. The van der Waals surface area contributed by atoms with Gasteiger partial charge in [-0.3, -0.25) is 4.79 Å². The van der Waals surface area contributed by atoms with Crippen molar-refractivity contribution in [3.63, 3.8) is 0 Å². The molecule has 0 aliphatic carbocycles. The van der Waals surface area contributed by atoms with Crippen LogP contribution < -0.4 is 20.2 Å². The molecule has 110 valence electrons. The van der Waals surface area contributed by atoms with Crippen LogP contribution in [0.1, 0.15) is 18.9 Å². The highest BCUT2D eigenvalue weighted by Crippen LogP contribution is 2.37. The minimum absolute atomic E-state index is 0.197. The van der Waals surface area contributed by atoms with Gasteiger partial charge in [0.2, 0.25) is 5.75 Å². The largest absolute Gasteiger partial charge is 0.485 e. The molecule has 0 aliphatic heterocycles. The number of carbonyl (C=O) groups is 1. The zero-order valence-electron chi connectivity index (χ0n) is 11.7. The van der Waals surface area contributed by atoms with Gasteiger partial charge in [-0.05, 0) is 17.7 Å². The van der Waals surface area contributed by atoms with Crippen molar-refractivity contribution in [2.75, 3.05) is 0 Å². The third-order valence-electron chi connectivity index (χ3n) is 2.81. The summed E-state index contributed by atoms with van der Waals surface area (Å²) in [6.07, 6.45) is 0.247. The van der Waals surface area contributed by atoms with Gasteiger partial charge in [-0.15, -0.1) is 0 Å². The minimum Gasteiger partial charge on any atom is -0.485 e. The van der Waals surface area contributed by atoms with E-state index in [1.54, 1.807) is 25.1 Å². The Bertz CT molecular complexity index is 598. The van der Waals surface area contributed by atoms with Crippen LogP contribution in [0.3, 0.4) is 0 Å². The lowest BCUT2D eigenvalue weighted by Crippen LogP contribution is -2.11. The van der Waals surface area contributed by atoms with Gasteiger partial charge >= 0.3 is 5.97 Å². The molecule has 2 rings (SSSR count). The number of carbonyl (C=O) groups excluding carboxylic acids is 1. The van der Waals surface area contributed by atoms with Gasteiger partial charge in [0.1, 0.15) is 6.61 Å². The van der Waals surface area contributed by atoms with Crippen LogP contribution >= 0.6 is 0 Å². The summed E-state index contributed by atoms with van der Waals surface area (Å²) in [5.41, 5.74) is 1.00. The first-order chi connectivity index (χ1) is 10.2. The predicted molar refractivity (Wildman–Crippen MR) is 78.0 cm³/mol. The summed E-state index contributed by atoms with van der Waals surface area (Å²) in [5.74, 6) is 5.67. The van der Waals surface area contributed by atoms with Gasteiger partial charge in [-0.25, -0.2) is 0 Å². The zero-order chi connectivity index (χ0) is 15.1. The van der Waals surface area contributed by atoms with Gasteiger partial charge < -0.3 is 14.3 Å². The normalized spacial score (nSPS) is 10.0. The molecule has 5 heteroatoms. The van der Waals surface area contributed by atoms with E-state index in [0.29, 0.717) is 12.4 Å². The van der Waals surface area contributed by atoms with Crippen LogP contribution in [0.2, 0.25) is 0 Å². The van der Waals surface area contributed by atoms with E-state index in [1.807, 2.05) is 30.3 Å². The van der Waals surface area contributed by atoms with Gasteiger partial charge in [-0.1, -0.05) is 43.3 Å². The van der Waals surface area contributed by atoms with Crippen molar-refractivity contribution >= 4 is 5.97 Å². The van der Waals surface area contributed by atoms with E-state index in [9.17, 15) is 4.79 Å². The van der Waals surface area contributed by atoms with Crippen molar-refractivity contribution in [1.29, 1.82) is 0 Å². The molecular formula is C16H17NO4. The molecule has 0 heterocycles. The molecule has 2 aromatic rings. The number of hydrogen-bond acceptors (Lipinski definition) is 5. The SMILES string of the molecule is CCC(=O)Oc1c(ON)cccc1OCc1ccccc1. The molecule has 0 saturated heterocycles. The lowest BCUT2D eigenvalue weighted by Gasteiger charge is -2.13. The van der Waals surface area contributed by atoms with Gasteiger partial charge in [0.25, 0.3) is 0 Å². The molecule has 0 bridgehead atoms. The van der Waals surface area contributed by atoms with E-state index in [2.05, 4.69) is 0 Å². The summed E-state index contributed by atoms with van der Waals surface area (Å²) in [6.45, 7) is 2.06. The molecule has 0 amide bonds. The Morgan fingerprint density at radius 2 is 1.76 bits per heavy atom. The van der Waals surface area contributed by atoms with Crippen LogP contribution in [0.15, 0.2) is 48.5 Å². The molecule has 0 spiro atoms. The van der Waals surface area contributed by atoms with E-state index in [1.165, 1.54) is 0 Å². The smallest absolute Gasteiger partial charge is 0.311 e. The van der Waals surface area contributed by atoms with Crippen molar-refractivity contribution in [2.24, 2.45) is 5.90 Å². The molecule has 0 atom stereocenters. The van der Waals surface area contributed by atoms with Crippen LogP contribution in [-0.2, 0) is 11.4 Å². The number of rotatable bonds is 6. The van der Waals surface area contributed by atoms with Crippen LogP contribution in [-0.4, -0.2) is 5.97 Å². The van der Waals surface area contributed by atoms with E-state index < -0.39 is 0 Å². The average molecular weight is 287 g/mol. The molecular weight excluding hydrogens is 270 g/mol. The molecule has 21 heavy (non-hydrogen) atoms. The summed E-state index contributed by atoms with van der Waals surface area (Å²) in [4.78, 5) is 16.2. The van der Waals surface area contributed by atoms with Crippen LogP contribution in [0.4, 0.5) is 0 Å². The maximum atomic E-state index is 11.5. The number of esters is 1. The summed E-state index contributed by atoms with van der Waals surface area (Å²) in [5, 5.41) is 0. The second-order valence-electron chi connectivity index (χ2n) is 4.30. The van der Waals surface area contributed by atoms with Crippen LogP contribution in [0.5, 0.6) is 17.2 Å². The zero-order valence-corrected chi connectivity index (χ0v) is 11.7. The summed E-state index contributed by atoms with van der Waals surface area (Å²) < 4.78 is 10.9. The van der Waals surface area contributed by atoms with Crippen molar-refractivity contribution < 1.29 is 19.1 Å². The van der Waals surface area contributed by atoms with E-state index in [0.717, 1.165) is 5.56 Å². The lowest BCUT2D eigenvalue weighted by molar-refractivity contribution is -0.134. The Hall–Kier alpha value is -2.53. The Kier molecular flexibility index (Phi) is 5.17. The molecule has 0 unspecified atom stereocenters. The van der Waals surface area contributed by atoms with Gasteiger partial charge in [0.05, 0.1) is 0 Å². The molecule has 0 aliphatic rings. The highest BCUT2D eigenvalue weighted by atomic mass is 16.6. The Morgan fingerprint density at radius 3 is 2.43 bits per heavy atom. The van der Waals surface area contributed by atoms with Crippen molar-refractivity contribution in [3.05, 3.63) is 54.1 Å². The summed E-state index contributed by atoms with van der Waals surface area (Å²) >= 11 is 0. The second kappa shape index (κ2) is 7.31. The molecule has 0 fully saturated rings. The highest BCUT2D eigenvalue weighted by molar-refractivity contribution is 5.74. The van der Waals surface area contributed by atoms with Crippen molar-refractivity contribution in [3.8, 4) is 17.2 Å². The molecule has 0 radical (unpaired) electrons. The molecule has 2 aromatic carbocycles. The fourth-order valence-electron chi connectivity index (χ4n) is 1.72. The Morgan fingerprint density at radius 1 is 1.05 bits per heavy atom. The summed E-state index contributed by atoms with van der Waals surface area (Å²) in [6, 6.07) is 14.7. The molecule has 2 N–H and O–H groups in total. The number of benzene rings is 2. The standard InChI is InChI=1S/C16H17NO4/c1-2-15(18)20-16-13(9-6-10-14(16)21-17)19-11-12-7-4-3-5-8-12/h3-10H,2,11,17H2,1H3. The minimum atomic E-state index is -0.385. The van der Waals surface area contributed by atoms with Gasteiger partial charge in [-0.2, -0.15) is 5.90 Å². The summed E-state index contributed by atoms with van der Waals surface area (Å²) in [7, 11) is 0. The van der Waals surface area contributed by atoms with E-state index in [4.69, 9.17) is 20.2 Å². The van der Waals surface area contributed by atoms with Gasteiger partial charge in [0, 0.05) is 6.42 Å². The third-order valence-corrected chi connectivity index (χ3v) is 2.81. The van der Waals surface area contributed by atoms with E-state index in [-0.39, 0.29) is 23.9 Å². The lowest BCUT2D eigenvalue weighted by atomic mass is 10.2. The quantitative estimate of drug-likeness (QED) is 0.502. The van der Waals surface area contributed by atoms with Crippen LogP contribution in [0.25, 0.3) is 0 Å². The van der Waals surface area contributed by atoms with Crippen molar-refractivity contribution in [1.82, 2.24) is 0 Å². The average Bonchev–Trinajstić information content (AvgIpc) is 2.54. The first-order valence-corrected chi connectivity index (χ1v) is 6.61. The first-order valence-electron chi connectivity index (χ1n) is 6.61. The maximum Gasteiger partial charge on any atom is 0.311 e. The maximum absolute atomic E-state index is 11.5. The Labute approximate surface area is 123 Å². The number of nitrogens with two attached hydrogens (primary N) is 1. The fourth-order valence-corrected chi connectivity index (χ4v) is 1.72. The highest BCUT2D eigenvalue weighted by Gasteiger charge is 2.15. The monoisotopic (exact) mass is 287 g/mol. The molecule has 5 nitrogen and oxygen atoms in total. The topological polar surface area (TPSA) is 70.8 Å². The first kappa shape index (κ1) is 14.9. The molecule has 0 aromatic heterocycles. The Balaban J connectivity index is 2.19. The predicted octanol–water partition coefficient (Wildman–Crippen LogP) is 2.83. The van der Waals surface area contributed by atoms with Crippen LogP contribution in [0, 0.1) is 0 Å². The fraction of sp³-hybridized carbons (Fsp3) is 0.188. The van der Waals surface area contributed by atoms with Gasteiger partial charge in [0.15, 0.2) is 11.5 Å². The third kappa shape index (κ3) is 3.97. The van der Waals surface area contributed by atoms with E-state index >= 15 is 0 Å². The number of para-hydroxylation sites is 1. The second-order valence-corrected chi connectivity index (χ2v) is 4.30.